The number of halogens is 2. The van der Waals surface area contributed by atoms with E-state index in [4.69, 9.17) is 32.7 Å². The molecular formula is C19H15Cl2NO3. The summed E-state index contributed by atoms with van der Waals surface area (Å²) in [5.74, 6) is 0.195. The van der Waals surface area contributed by atoms with Crippen LogP contribution in [0.15, 0.2) is 42.5 Å². The number of hydrogen-bond donors (Lipinski definition) is 0. The number of hydrogen-bond acceptors (Lipinski definition) is 4. The molecule has 0 fully saturated rings. The molecule has 128 valence electrons. The van der Waals surface area contributed by atoms with Gasteiger partial charge in [0.05, 0.1) is 10.0 Å². The maximum atomic E-state index is 12.2. The van der Waals surface area contributed by atoms with E-state index in [0.29, 0.717) is 21.7 Å². The summed E-state index contributed by atoms with van der Waals surface area (Å²) in [6.07, 6.45) is 0. The second-order valence-corrected chi connectivity index (χ2v) is 6.41. The van der Waals surface area contributed by atoms with E-state index >= 15 is 0 Å². The third kappa shape index (κ3) is 4.03. The van der Waals surface area contributed by atoms with Crippen molar-refractivity contribution in [2.24, 2.45) is 0 Å². The molecule has 1 aromatic heterocycles. The molecule has 0 aliphatic rings. The van der Waals surface area contributed by atoms with Gasteiger partial charge in [-0.1, -0.05) is 40.9 Å². The Morgan fingerprint density at radius 3 is 2.48 bits per heavy atom. The molecule has 0 saturated carbocycles. The Hall–Kier alpha value is -2.30. The van der Waals surface area contributed by atoms with Crippen LogP contribution in [0.3, 0.4) is 0 Å². The summed E-state index contributed by atoms with van der Waals surface area (Å²) in [5.41, 5.74) is 2.32. The molecule has 0 aliphatic heterocycles. The quantitative estimate of drug-likeness (QED) is 0.467. The second-order valence-electron chi connectivity index (χ2n) is 5.59. The van der Waals surface area contributed by atoms with Gasteiger partial charge in [0.15, 0.2) is 12.4 Å². The fourth-order valence-electron chi connectivity index (χ4n) is 2.31. The van der Waals surface area contributed by atoms with Gasteiger partial charge in [0, 0.05) is 11.1 Å². The van der Waals surface area contributed by atoms with E-state index in [0.717, 1.165) is 11.3 Å². The first-order chi connectivity index (χ1) is 11.9. The molecular weight excluding hydrogens is 361 g/mol. The number of rotatable bonds is 4. The Kier molecular flexibility index (Phi) is 5.11. The zero-order chi connectivity index (χ0) is 18.0. The largest absolute Gasteiger partial charge is 0.482 e. The average Bonchev–Trinajstić information content (AvgIpc) is 2.58. The minimum absolute atomic E-state index is 0.183. The monoisotopic (exact) mass is 375 g/mol. The van der Waals surface area contributed by atoms with Crippen molar-refractivity contribution < 1.29 is 14.3 Å². The van der Waals surface area contributed by atoms with Crippen LogP contribution in [-0.2, 0) is 4.79 Å². The molecule has 6 heteroatoms. The van der Waals surface area contributed by atoms with E-state index < -0.39 is 5.97 Å². The third-order valence-electron chi connectivity index (χ3n) is 3.57. The van der Waals surface area contributed by atoms with E-state index in [1.807, 2.05) is 38.1 Å². The second kappa shape index (κ2) is 7.30. The van der Waals surface area contributed by atoms with Crippen LogP contribution in [0.25, 0.3) is 10.9 Å². The molecule has 3 aromatic rings. The molecule has 0 saturated heterocycles. The predicted molar refractivity (Wildman–Crippen MR) is 98.8 cm³/mol. The van der Waals surface area contributed by atoms with Crippen molar-refractivity contribution in [3.8, 4) is 11.5 Å². The number of esters is 1. The molecule has 0 aliphatic carbocycles. The Balaban J connectivity index is 1.81. The number of aromatic nitrogens is 1. The molecule has 0 amide bonds. The Morgan fingerprint density at radius 1 is 1.04 bits per heavy atom. The van der Waals surface area contributed by atoms with Crippen LogP contribution < -0.4 is 9.47 Å². The Bertz CT molecular complexity index is 940. The maximum Gasteiger partial charge on any atom is 0.349 e. The lowest BCUT2D eigenvalue weighted by atomic mass is 10.2. The zero-order valence-electron chi connectivity index (χ0n) is 13.7. The van der Waals surface area contributed by atoms with E-state index in [1.54, 1.807) is 12.1 Å². The Morgan fingerprint density at radius 2 is 1.76 bits per heavy atom. The van der Waals surface area contributed by atoms with Gasteiger partial charge in [-0.2, -0.15) is 0 Å². The summed E-state index contributed by atoms with van der Waals surface area (Å²) in [6.45, 7) is 3.57. The molecule has 4 nitrogen and oxygen atoms in total. The van der Waals surface area contributed by atoms with Gasteiger partial charge in [0.1, 0.15) is 11.3 Å². The first kappa shape index (κ1) is 17.5. The highest BCUT2D eigenvalue weighted by molar-refractivity contribution is 6.39. The fourth-order valence-corrected chi connectivity index (χ4v) is 2.86. The van der Waals surface area contributed by atoms with Crippen molar-refractivity contribution in [2.45, 2.75) is 13.8 Å². The van der Waals surface area contributed by atoms with Crippen LogP contribution >= 0.6 is 23.2 Å². The molecule has 25 heavy (non-hydrogen) atoms. The fraction of sp³-hybridized carbons (Fsp3) is 0.158. The molecule has 1 heterocycles. The van der Waals surface area contributed by atoms with Crippen molar-refractivity contribution in [1.82, 2.24) is 4.98 Å². The van der Waals surface area contributed by atoms with Gasteiger partial charge >= 0.3 is 5.97 Å². The first-order valence-corrected chi connectivity index (χ1v) is 8.35. The summed E-state index contributed by atoms with van der Waals surface area (Å²) in [7, 11) is 0. The molecule has 3 rings (SSSR count). The van der Waals surface area contributed by atoms with E-state index in [-0.39, 0.29) is 17.4 Å². The lowest BCUT2D eigenvalue weighted by Gasteiger charge is -2.11. The van der Waals surface area contributed by atoms with Crippen LogP contribution in [0.4, 0.5) is 0 Å². The van der Waals surface area contributed by atoms with Crippen LogP contribution in [0.5, 0.6) is 11.5 Å². The highest BCUT2D eigenvalue weighted by atomic mass is 35.5. The van der Waals surface area contributed by atoms with Gasteiger partial charge in [-0.3, -0.25) is 0 Å². The summed E-state index contributed by atoms with van der Waals surface area (Å²) < 4.78 is 10.8. The van der Waals surface area contributed by atoms with E-state index in [9.17, 15) is 4.79 Å². The van der Waals surface area contributed by atoms with Gasteiger partial charge in [0.2, 0.25) is 0 Å². The minimum Gasteiger partial charge on any atom is -0.482 e. The van der Waals surface area contributed by atoms with Crippen molar-refractivity contribution >= 4 is 40.1 Å². The van der Waals surface area contributed by atoms with Crippen molar-refractivity contribution in [2.75, 3.05) is 6.61 Å². The van der Waals surface area contributed by atoms with Crippen LogP contribution in [0.1, 0.15) is 11.3 Å². The standard InChI is InChI=1S/C19H15Cl2NO3/c1-11-3-6-13(7-4-11)24-10-17(23)25-19-16(21)9-15(20)14-8-5-12(2)22-18(14)19/h3-9H,10H2,1-2H3. The SMILES string of the molecule is Cc1ccc(OCC(=O)Oc2c(Cl)cc(Cl)c3ccc(C)nc23)cc1. The van der Waals surface area contributed by atoms with Gasteiger partial charge in [-0.05, 0) is 44.2 Å². The normalized spacial score (nSPS) is 10.7. The summed E-state index contributed by atoms with van der Waals surface area (Å²) >= 11 is 12.4. The molecule has 0 N–H and O–H groups in total. The topological polar surface area (TPSA) is 48.4 Å². The van der Waals surface area contributed by atoms with Crippen molar-refractivity contribution in [3.05, 3.63) is 63.8 Å². The number of pyridine rings is 1. The lowest BCUT2D eigenvalue weighted by molar-refractivity contribution is -0.136. The van der Waals surface area contributed by atoms with Crippen LogP contribution in [-0.4, -0.2) is 17.6 Å². The minimum atomic E-state index is -0.575. The number of carbonyl (C=O) groups is 1. The lowest BCUT2D eigenvalue weighted by Crippen LogP contribution is -2.18. The summed E-state index contributed by atoms with van der Waals surface area (Å²) in [4.78, 5) is 16.5. The van der Waals surface area contributed by atoms with Gasteiger partial charge in [-0.25, -0.2) is 9.78 Å². The molecule has 2 aromatic carbocycles. The third-order valence-corrected chi connectivity index (χ3v) is 4.16. The van der Waals surface area contributed by atoms with Gasteiger partial charge < -0.3 is 9.47 Å². The number of nitrogens with zero attached hydrogens (tertiary/aromatic N) is 1. The molecule has 0 unspecified atom stereocenters. The van der Waals surface area contributed by atoms with E-state index in [1.165, 1.54) is 6.07 Å². The van der Waals surface area contributed by atoms with Crippen molar-refractivity contribution in [1.29, 1.82) is 0 Å². The van der Waals surface area contributed by atoms with Gasteiger partial charge in [-0.15, -0.1) is 0 Å². The zero-order valence-corrected chi connectivity index (χ0v) is 15.2. The van der Waals surface area contributed by atoms with Crippen molar-refractivity contribution in [3.63, 3.8) is 0 Å². The molecule has 0 spiro atoms. The highest BCUT2D eigenvalue weighted by Gasteiger charge is 2.17. The molecule has 0 atom stereocenters. The smallest absolute Gasteiger partial charge is 0.349 e. The number of aryl methyl sites for hydroxylation is 2. The summed E-state index contributed by atoms with van der Waals surface area (Å²) in [5, 5.41) is 1.33. The van der Waals surface area contributed by atoms with Crippen LogP contribution in [0, 0.1) is 13.8 Å². The van der Waals surface area contributed by atoms with Gasteiger partial charge in [0.25, 0.3) is 0 Å². The maximum absolute atomic E-state index is 12.2. The number of benzene rings is 2. The number of ether oxygens (including phenoxy) is 2. The first-order valence-electron chi connectivity index (χ1n) is 7.59. The Labute approximate surface area is 155 Å². The number of carbonyl (C=O) groups excluding carboxylic acids is 1. The number of fused-ring (bicyclic) bond motifs is 1. The average molecular weight is 376 g/mol. The van der Waals surface area contributed by atoms with Crippen LogP contribution in [0.2, 0.25) is 10.0 Å². The highest BCUT2D eigenvalue weighted by Crippen LogP contribution is 2.37. The van der Waals surface area contributed by atoms with E-state index in [2.05, 4.69) is 4.98 Å². The summed E-state index contributed by atoms with van der Waals surface area (Å²) in [6, 6.07) is 12.6. The molecule has 0 bridgehead atoms. The predicted octanol–water partition coefficient (Wildman–Crippen LogP) is 5.14. The molecule has 0 radical (unpaired) electrons.